The van der Waals surface area contributed by atoms with Crippen LogP contribution in [0.4, 0.5) is 11.6 Å². The number of aromatic nitrogens is 2. The van der Waals surface area contributed by atoms with Gasteiger partial charge in [0.15, 0.2) is 11.5 Å². The van der Waals surface area contributed by atoms with Crippen LogP contribution in [0.15, 0.2) is 24.5 Å². The molecule has 0 bridgehead atoms. The minimum atomic E-state index is -0.451. The van der Waals surface area contributed by atoms with Gasteiger partial charge in [0, 0.05) is 19.0 Å². The maximum absolute atomic E-state index is 11.2. The number of aryl methyl sites for hydroxylation is 1. The number of benzene rings is 1. The van der Waals surface area contributed by atoms with Gasteiger partial charge in [-0.1, -0.05) is 18.9 Å². The summed E-state index contributed by atoms with van der Waals surface area (Å²) >= 11 is 0. The predicted octanol–water partition coefficient (Wildman–Crippen LogP) is 3.02. The molecule has 1 N–H and O–H groups in total. The van der Waals surface area contributed by atoms with E-state index in [1.807, 2.05) is 6.07 Å². The fraction of sp³-hybridized carbons (Fsp3) is 0.500. The second-order valence-corrected chi connectivity index (χ2v) is 6.98. The molecule has 8 heteroatoms. The third kappa shape index (κ3) is 2.85. The largest absolute Gasteiger partial charge is 0.486 e. The Morgan fingerprint density at radius 1 is 1.27 bits per heavy atom. The summed E-state index contributed by atoms with van der Waals surface area (Å²) in [4.78, 5) is 14.6. The van der Waals surface area contributed by atoms with Gasteiger partial charge in [0.05, 0.1) is 0 Å². The van der Waals surface area contributed by atoms with Crippen LogP contribution in [-0.4, -0.2) is 34.2 Å². The van der Waals surface area contributed by atoms with Crippen LogP contribution in [0.5, 0.6) is 11.5 Å². The second kappa shape index (κ2) is 6.51. The molecule has 1 fully saturated rings. The molecule has 138 valence electrons. The number of hydrogen-bond acceptors (Lipinski definition) is 6. The second-order valence-electron chi connectivity index (χ2n) is 6.98. The summed E-state index contributed by atoms with van der Waals surface area (Å²) in [5.41, 5.74) is 1.12. The van der Waals surface area contributed by atoms with E-state index in [1.165, 1.54) is 11.9 Å². The number of anilines is 1. The van der Waals surface area contributed by atoms with Gasteiger partial charge in [-0.3, -0.25) is 4.57 Å². The molecule has 26 heavy (non-hydrogen) atoms. The maximum Gasteiger partial charge on any atom is 0.406 e. The Bertz CT molecular complexity index is 827. The van der Waals surface area contributed by atoms with E-state index in [2.05, 4.69) is 22.4 Å². The fourth-order valence-corrected chi connectivity index (χ4v) is 4.00. The standard InChI is InChI=1S/C18H22N4O4/c1-21-12-20-17(22(23)24)16(21)19-11-18(6-2-3-7-18)13-4-5-14-15(10-13)26-9-8-25-14/h4-5,10,12,19H,2-3,6-9,11H2,1H3. The van der Waals surface area contributed by atoms with Crippen molar-refractivity contribution in [2.24, 2.45) is 7.05 Å². The van der Waals surface area contributed by atoms with Crippen LogP contribution in [0.3, 0.4) is 0 Å². The van der Waals surface area contributed by atoms with Crippen molar-refractivity contribution in [3.8, 4) is 11.5 Å². The van der Waals surface area contributed by atoms with Gasteiger partial charge < -0.3 is 24.9 Å². The molecule has 0 unspecified atom stereocenters. The molecular weight excluding hydrogens is 336 g/mol. The third-order valence-corrected chi connectivity index (χ3v) is 5.40. The van der Waals surface area contributed by atoms with Crippen LogP contribution >= 0.6 is 0 Å². The van der Waals surface area contributed by atoms with Crippen LogP contribution in [0.1, 0.15) is 31.2 Å². The molecule has 0 saturated heterocycles. The SMILES string of the molecule is Cn1cnc([N+](=O)[O-])c1NCC1(c2ccc3c(c2)OCCO3)CCCC1. The molecule has 0 spiro atoms. The molecular formula is C18H22N4O4. The first kappa shape index (κ1) is 16.7. The molecule has 0 amide bonds. The van der Waals surface area contributed by atoms with Crippen LogP contribution < -0.4 is 14.8 Å². The highest BCUT2D eigenvalue weighted by atomic mass is 16.6. The highest BCUT2D eigenvalue weighted by Gasteiger charge is 2.37. The van der Waals surface area contributed by atoms with E-state index >= 15 is 0 Å². The van der Waals surface area contributed by atoms with Gasteiger partial charge in [0.25, 0.3) is 0 Å². The van der Waals surface area contributed by atoms with E-state index in [4.69, 9.17) is 9.47 Å². The van der Waals surface area contributed by atoms with Gasteiger partial charge in [-0.25, -0.2) is 0 Å². The Balaban J connectivity index is 1.62. The molecule has 8 nitrogen and oxygen atoms in total. The number of nitrogens with one attached hydrogen (secondary N) is 1. The molecule has 4 rings (SSSR count). The average Bonchev–Trinajstić information content (AvgIpc) is 3.27. The van der Waals surface area contributed by atoms with E-state index in [1.54, 1.807) is 11.6 Å². The lowest BCUT2D eigenvalue weighted by Crippen LogP contribution is -2.32. The van der Waals surface area contributed by atoms with Crippen molar-refractivity contribution < 1.29 is 14.4 Å². The average molecular weight is 358 g/mol. The van der Waals surface area contributed by atoms with Crippen molar-refractivity contribution in [1.82, 2.24) is 9.55 Å². The summed E-state index contributed by atoms with van der Waals surface area (Å²) in [6.45, 7) is 1.75. The number of imidazole rings is 1. The highest BCUT2D eigenvalue weighted by molar-refractivity contribution is 5.53. The number of fused-ring (bicyclic) bond motifs is 1. The minimum absolute atomic E-state index is 0.0754. The number of nitro groups is 1. The maximum atomic E-state index is 11.2. The summed E-state index contributed by atoms with van der Waals surface area (Å²) < 4.78 is 13.0. The summed E-state index contributed by atoms with van der Waals surface area (Å²) in [6, 6.07) is 6.13. The fourth-order valence-electron chi connectivity index (χ4n) is 4.00. The van der Waals surface area contributed by atoms with Crippen molar-refractivity contribution in [3.05, 3.63) is 40.2 Å². The minimum Gasteiger partial charge on any atom is -0.486 e. The smallest absolute Gasteiger partial charge is 0.406 e. The summed E-state index contributed by atoms with van der Waals surface area (Å²) in [5, 5.41) is 14.5. The number of rotatable bonds is 5. The van der Waals surface area contributed by atoms with Crippen molar-refractivity contribution >= 4 is 11.6 Å². The first-order valence-corrected chi connectivity index (χ1v) is 8.89. The van der Waals surface area contributed by atoms with Crippen molar-refractivity contribution in [1.29, 1.82) is 0 Å². The molecule has 1 aliphatic carbocycles. The molecule has 2 aliphatic rings. The number of ether oxygens (including phenoxy) is 2. The zero-order valence-corrected chi connectivity index (χ0v) is 14.7. The van der Waals surface area contributed by atoms with Gasteiger partial charge in [0.1, 0.15) is 13.2 Å². The van der Waals surface area contributed by atoms with Gasteiger partial charge in [0.2, 0.25) is 12.1 Å². The van der Waals surface area contributed by atoms with Gasteiger partial charge in [-0.15, -0.1) is 0 Å². The molecule has 2 aromatic rings. The first-order valence-electron chi connectivity index (χ1n) is 8.89. The van der Waals surface area contributed by atoms with Crippen molar-refractivity contribution in [3.63, 3.8) is 0 Å². The zero-order chi connectivity index (χ0) is 18.1. The van der Waals surface area contributed by atoms with E-state index < -0.39 is 4.92 Å². The quantitative estimate of drug-likeness (QED) is 0.652. The lowest BCUT2D eigenvalue weighted by atomic mass is 9.78. The Hall–Kier alpha value is -2.77. The third-order valence-electron chi connectivity index (χ3n) is 5.40. The molecule has 1 aromatic heterocycles. The van der Waals surface area contributed by atoms with E-state index in [-0.39, 0.29) is 11.2 Å². The van der Waals surface area contributed by atoms with Crippen LogP contribution in [-0.2, 0) is 12.5 Å². The first-order chi connectivity index (χ1) is 12.6. The van der Waals surface area contributed by atoms with E-state index in [0.717, 1.165) is 37.2 Å². The van der Waals surface area contributed by atoms with Crippen LogP contribution in [0.2, 0.25) is 0 Å². The lowest BCUT2D eigenvalue weighted by Gasteiger charge is -2.31. The Kier molecular flexibility index (Phi) is 4.18. The lowest BCUT2D eigenvalue weighted by molar-refractivity contribution is -0.388. The monoisotopic (exact) mass is 358 g/mol. The highest BCUT2D eigenvalue weighted by Crippen LogP contribution is 2.44. The van der Waals surface area contributed by atoms with Crippen molar-refractivity contribution in [2.75, 3.05) is 25.1 Å². The van der Waals surface area contributed by atoms with Crippen molar-refractivity contribution in [2.45, 2.75) is 31.1 Å². The van der Waals surface area contributed by atoms with E-state index in [9.17, 15) is 10.1 Å². The molecule has 1 aliphatic heterocycles. The van der Waals surface area contributed by atoms with Crippen LogP contribution in [0, 0.1) is 10.1 Å². The summed E-state index contributed by atoms with van der Waals surface area (Å²) in [5.74, 6) is 1.87. The van der Waals surface area contributed by atoms with Gasteiger partial charge in [-0.2, -0.15) is 0 Å². The van der Waals surface area contributed by atoms with Crippen LogP contribution in [0.25, 0.3) is 0 Å². The topological polar surface area (TPSA) is 91.5 Å². The van der Waals surface area contributed by atoms with Gasteiger partial charge >= 0.3 is 5.82 Å². The van der Waals surface area contributed by atoms with Gasteiger partial charge in [-0.05, 0) is 40.4 Å². The molecule has 0 atom stereocenters. The molecule has 1 saturated carbocycles. The molecule has 2 heterocycles. The summed E-state index contributed by atoms with van der Waals surface area (Å²) in [6.07, 6.45) is 5.82. The number of hydrogen-bond donors (Lipinski definition) is 1. The summed E-state index contributed by atoms with van der Waals surface area (Å²) in [7, 11) is 1.76. The molecule has 1 aromatic carbocycles. The normalized spacial score (nSPS) is 17.9. The van der Waals surface area contributed by atoms with E-state index in [0.29, 0.717) is 25.6 Å². The number of nitrogens with zero attached hydrogens (tertiary/aromatic N) is 3. The Morgan fingerprint density at radius 3 is 2.73 bits per heavy atom. The Labute approximate surface area is 151 Å². The molecule has 0 radical (unpaired) electrons. The Morgan fingerprint density at radius 2 is 2.00 bits per heavy atom. The zero-order valence-electron chi connectivity index (χ0n) is 14.7. The predicted molar refractivity (Wildman–Crippen MR) is 95.9 cm³/mol.